The third kappa shape index (κ3) is 26.3. The van der Waals surface area contributed by atoms with Gasteiger partial charge in [-0.1, -0.05) is 30.3 Å². The summed E-state index contributed by atoms with van der Waals surface area (Å²) in [7, 11) is 0. The molecule has 0 unspecified atom stereocenters. The molecule has 0 bridgehead atoms. The number of alkyl carbamates (subject to hydrolysis) is 1. The summed E-state index contributed by atoms with van der Waals surface area (Å²) >= 11 is 0. The van der Waals surface area contributed by atoms with Gasteiger partial charge in [0.1, 0.15) is 36.4 Å². The molecule has 31 heteroatoms. The number of alkyl halides is 12. The first-order valence-electron chi connectivity index (χ1n) is 21.1. The molecule has 71 heavy (non-hydrogen) atoms. The standard InChI is InChI=1S/C40H52F12N8O11/c1-36(2,3)71-35(69)60-25(15-9-19-55-33(67)39(47,48)49)29(63)58-23(13-7-17-53-31(65)37(41,42)43)27(61)57-24(14-8-18-54-32(66)38(44,45)46)28(62)59-26(16-10-20-56-34(68)40(50,51)52)30(64)70-21-22-11-5-4-6-12-22/h4-6,11-12,23-26H,7-10,13-21H2,1-3H3,(H,53,65)(H,54,66)(H,55,67)(H,56,68)(H,57,61)(H,58,63)(H,59,62)(H,60,69)/t23-,24-,25-,26-/m0/s1. The third-order valence-corrected chi connectivity index (χ3v) is 8.95. The van der Waals surface area contributed by atoms with Crippen molar-refractivity contribution in [3.8, 4) is 0 Å². The number of rotatable bonds is 26. The van der Waals surface area contributed by atoms with Crippen LogP contribution in [0.25, 0.3) is 0 Å². The molecule has 0 saturated carbocycles. The summed E-state index contributed by atoms with van der Waals surface area (Å²) in [5, 5.41) is 14.6. The van der Waals surface area contributed by atoms with Gasteiger partial charge >= 0.3 is 60.4 Å². The van der Waals surface area contributed by atoms with Gasteiger partial charge < -0.3 is 52.0 Å². The van der Waals surface area contributed by atoms with Crippen LogP contribution in [0.2, 0.25) is 0 Å². The van der Waals surface area contributed by atoms with E-state index in [1.807, 2.05) is 0 Å². The van der Waals surface area contributed by atoms with Gasteiger partial charge in [-0.3, -0.25) is 33.6 Å². The lowest BCUT2D eigenvalue weighted by Gasteiger charge is -2.27. The zero-order valence-corrected chi connectivity index (χ0v) is 37.9. The van der Waals surface area contributed by atoms with E-state index in [9.17, 15) is 95.8 Å². The highest BCUT2D eigenvalue weighted by molar-refractivity contribution is 5.95. The van der Waals surface area contributed by atoms with E-state index in [1.165, 1.54) is 48.9 Å². The molecular formula is C40H52F12N8O11. The van der Waals surface area contributed by atoms with Crippen LogP contribution < -0.4 is 42.5 Å². The zero-order valence-electron chi connectivity index (χ0n) is 37.9. The Morgan fingerprint density at radius 3 is 1.06 bits per heavy atom. The second kappa shape index (κ2) is 28.3. The van der Waals surface area contributed by atoms with E-state index in [2.05, 4.69) is 21.3 Å². The van der Waals surface area contributed by atoms with Crippen molar-refractivity contribution in [2.24, 2.45) is 0 Å². The minimum absolute atomic E-state index is 0.414. The number of carbonyl (C=O) groups excluding carboxylic acids is 9. The van der Waals surface area contributed by atoms with Crippen LogP contribution in [0.4, 0.5) is 57.5 Å². The molecule has 402 valence electrons. The first-order valence-corrected chi connectivity index (χ1v) is 21.1. The van der Waals surface area contributed by atoms with Gasteiger partial charge in [0, 0.05) is 26.2 Å². The highest BCUT2D eigenvalue weighted by atomic mass is 19.4. The number of hydrogen-bond acceptors (Lipinski definition) is 11. The lowest BCUT2D eigenvalue weighted by Crippen LogP contribution is -2.58. The van der Waals surface area contributed by atoms with Crippen LogP contribution >= 0.6 is 0 Å². The van der Waals surface area contributed by atoms with Gasteiger partial charge in [0.2, 0.25) is 17.7 Å². The molecule has 0 heterocycles. The number of carbonyl (C=O) groups is 9. The van der Waals surface area contributed by atoms with Crippen molar-refractivity contribution in [3.05, 3.63) is 35.9 Å². The van der Waals surface area contributed by atoms with Crippen LogP contribution in [-0.2, 0) is 54.4 Å². The van der Waals surface area contributed by atoms with Crippen molar-refractivity contribution in [1.82, 2.24) is 42.5 Å². The van der Waals surface area contributed by atoms with Crippen molar-refractivity contribution in [3.63, 3.8) is 0 Å². The van der Waals surface area contributed by atoms with E-state index in [0.29, 0.717) is 5.56 Å². The van der Waals surface area contributed by atoms with Crippen LogP contribution in [0.15, 0.2) is 30.3 Å². The molecule has 0 saturated heterocycles. The molecule has 1 rings (SSSR count). The molecule has 1 aromatic rings. The van der Waals surface area contributed by atoms with Gasteiger partial charge in [-0.2, -0.15) is 52.7 Å². The van der Waals surface area contributed by atoms with Crippen molar-refractivity contribution < 1.29 is 105 Å². The predicted molar refractivity (Wildman–Crippen MR) is 218 cm³/mol. The van der Waals surface area contributed by atoms with Crippen molar-refractivity contribution >= 4 is 53.4 Å². The van der Waals surface area contributed by atoms with E-state index in [0.717, 1.165) is 0 Å². The largest absolute Gasteiger partial charge is 0.471 e. The second-order valence-electron chi connectivity index (χ2n) is 16.1. The van der Waals surface area contributed by atoms with Crippen LogP contribution in [0.5, 0.6) is 0 Å². The Hall–Kier alpha value is -6.59. The predicted octanol–water partition coefficient (Wildman–Crippen LogP) is 2.91. The summed E-state index contributed by atoms with van der Waals surface area (Å²) in [5.74, 6) is -14.9. The Balaban J connectivity index is 3.61. The summed E-state index contributed by atoms with van der Waals surface area (Å²) < 4.78 is 164. The number of nitrogens with one attached hydrogen (secondary N) is 8. The Morgan fingerprint density at radius 1 is 0.451 bits per heavy atom. The second-order valence-corrected chi connectivity index (χ2v) is 16.1. The smallest absolute Gasteiger partial charge is 0.459 e. The van der Waals surface area contributed by atoms with Crippen molar-refractivity contribution in [2.45, 2.75) is 133 Å². The maximum atomic E-state index is 14.0. The van der Waals surface area contributed by atoms with Gasteiger partial charge in [-0.25, -0.2) is 9.59 Å². The highest BCUT2D eigenvalue weighted by Gasteiger charge is 2.41. The highest BCUT2D eigenvalue weighted by Crippen LogP contribution is 2.18. The SMILES string of the molecule is CC(C)(C)OC(=O)N[C@@H](CCCNC(=O)C(F)(F)F)C(=O)N[C@@H](CCCNC(=O)C(F)(F)F)C(=O)N[C@@H](CCCNC(=O)C(F)(F)F)C(=O)N[C@@H](CCCNC(=O)C(F)(F)F)C(=O)OCc1ccccc1. The quantitative estimate of drug-likeness (QED) is 0.0380. The summed E-state index contributed by atoms with van der Waals surface area (Å²) in [6.07, 6.45) is -27.3. The van der Waals surface area contributed by atoms with Gasteiger partial charge in [-0.05, 0) is 77.7 Å². The van der Waals surface area contributed by atoms with Gasteiger partial charge in [0.05, 0.1) is 0 Å². The first-order chi connectivity index (χ1) is 32.6. The Bertz CT molecular complexity index is 1960. The van der Waals surface area contributed by atoms with E-state index in [-0.39, 0.29) is 0 Å². The number of halogens is 12. The van der Waals surface area contributed by atoms with Crippen LogP contribution in [-0.4, -0.2) is 134 Å². The summed E-state index contributed by atoms with van der Waals surface area (Å²) in [4.78, 5) is 113. The number of hydrogen-bond donors (Lipinski definition) is 8. The lowest BCUT2D eigenvalue weighted by molar-refractivity contribution is -0.173. The minimum atomic E-state index is -5.37. The molecule has 0 radical (unpaired) electrons. The molecule has 0 aliphatic rings. The first kappa shape index (κ1) is 62.4. The lowest BCUT2D eigenvalue weighted by atomic mass is 10.0. The Labute approximate surface area is 396 Å². The summed E-state index contributed by atoms with van der Waals surface area (Å²) in [5.41, 5.74) is -0.793. The van der Waals surface area contributed by atoms with E-state index < -0.39 is 192 Å². The average Bonchev–Trinajstić information content (AvgIpc) is 3.24. The van der Waals surface area contributed by atoms with E-state index in [4.69, 9.17) is 9.47 Å². The maximum absolute atomic E-state index is 14.0. The van der Waals surface area contributed by atoms with E-state index in [1.54, 1.807) is 23.5 Å². The Kier molecular flexibility index (Phi) is 24.9. The topological polar surface area (TPSA) is 268 Å². The van der Waals surface area contributed by atoms with Crippen molar-refractivity contribution in [2.75, 3.05) is 26.2 Å². The van der Waals surface area contributed by atoms with Crippen LogP contribution in [0, 0.1) is 0 Å². The van der Waals surface area contributed by atoms with Crippen LogP contribution in [0.1, 0.15) is 77.7 Å². The molecule has 0 aliphatic carbocycles. The molecule has 8 N–H and O–H groups in total. The monoisotopic (exact) mass is 1050 g/mol. The third-order valence-electron chi connectivity index (χ3n) is 8.95. The molecule has 0 aromatic heterocycles. The number of ether oxygens (including phenoxy) is 2. The van der Waals surface area contributed by atoms with Gasteiger partial charge in [0.25, 0.3) is 0 Å². The number of benzene rings is 1. The van der Waals surface area contributed by atoms with Gasteiger partial charge in [0.15, 0.2) is 0 Å². The fraction of sp³-hybridized carbons (Fsp3) is 0.625. The normalized spacial score (nSPS) is 13.7. The molecule has 0 aliphatic heterocycles. The maximum Gasteiger partial charge on any atom is 0.471 e. The fourth-order valence-electron chi connectivity index (χ4n) is 5.58. The molecule has 0 spiro atoms. The number of esters is 1. The Morgan fingerprint density at radius 2 is 0.746 bits per heavy atom. The summed E-state index contributed by atoms with van der Waals surface area (Å²) in [6.45, 7) is 0.684. The van der Waals surface area contributed by atoms with E-state index >= 15 is 0 Å². The zero-order chi connectivity index (χ0) is 54.4. The molecule has 8 amide bonds. The number of amides is 8. The van der Waals surface area contributed by atoms with Crippen molar-refractivity contribution in [1.29, 1.82) is 0 Å². The molecule has 1 aromatic carbocycles. The summed E-state index contributed by atoms with van der Waals surface area (Å²) in [6, 6.07) is 0.214. The molecule has 4 atom stereocenters. The van der Waals surface area contributed by atoms with Gasteiger partial charge in [-0.15, -0.1) is 0 Å². The molecule has 0 fully saturated rings. The molecule has 19 nitrogen and oxygen atoms in total. The molecular weight excluding hydrogens is 996 g/mol. The van der Waals surface area contributed by atoms with Crippen LogP contribution in [0.3, 0.4) is 0 Å². The fourth-order valence-corrected chi connectivity index (χ4v) is 5.58. The minimum Gasteiger partial charge on any atom is -0.459 e. The average molecular weight is 1050 g/mol.